The molecule has 1 fully saturated rings. The van der Waals surface area contributed by atoms with Gasteiger partial charge in [0.2, 0.25) is 0 Å². The van der Waals surface area contributed by atoms with Gasteiger partial charge in [-0.25, -0.2) is 0 Å². The van der Waals surface area contributed by atoms with Crippen LogP contribution in [-0.2, 0) is 6.54 Å². The molecule has 0 spiro atoms. The molecule has 2 nitrogen and oxygen atoms in total. The van der Waals surface area contributed by atoms with Crippen molar-refractivity contribution in [2.24, 2.45) is 11.7 Å². The Kier molecular flexibility index (Phi) is 7.37. The third kappa shape index (κ3) is 5.07. The van der Waals surface area contributed by atoms with Gasteiger partial charge in [-0.1, -0.05) is 28.1 Å². The fourth-order valence-corrected chi connectivity index (χ4v) is 3.41. The summed E-state index contributed by atoms with van der Waals surface area (Å²) in [5.74, 6) is 0.799. The highest BCUT2D eigenvalue weighted by molar-refractivity contribution is 9.10. The Balaban J connectivity index is 0.00000180. The van der Waals surface area contributed by atoms with Crippen LogP contribution in [0.2, 0.25) is 0 Å². The lowest BCUT2D eigenvalue weighted by Gasteiger charge is -2.32. The van der Waals surface area contributed by atoms with Gasteiger partial charge in [0, 0.05) is 17.6 Å². The summed E-state index contributed by atoms with van der Waals surface area (Å²) in [7, 11) is 0. The van der Waals surface area contributed by atoms with Crippen molar-refractivity contribution in [3.05, 3.63) is 33.8 Å². The number of halogens is 2. The normalized spacial score (nSPS) is 20.1. The zero-order chi connectivity index (χ0) is 13.0. The lowest BCUT2D eigenvalue weighted by molar-refractivity contribution is 0.163. The van der Waals surface area contributed by atoms with E-state index in [-0.39, 0.29) is 12.4 Å². The Bertz CT molecular complexity index is 396. The van der Waals surface area contributed by atoms with Crippen LogP contribution < -0.4 is 5.73 Å². The second-order valence-electron chi connectivity index (χ2n) is 5.42. The topological polar surface area (TPSA) is 29.3 Å². The molecule has 1 aliphatic heterocycles. The number of benzene rings is 1. The molecule has 0 saturated carbocycles. The van der Waals surface area contributed by atoms with Crippen LogP contribution in [0, 0.1) is 12.8 Å². The highest BCUT2D eigenvalue weighted by Crippen LogP contribution is 2.24. The molecule has 4 heteroatoms. The van der Waals surface area contributed by atoms with E-state index in [1.165, 1.54) is 48.0 Å². The summed E-state index contributed by atoms with van der Waals surface area (Å²) in [6, 6.07) is 6.64. The minimum absolute atomic E-state index is 0. The Morgan fingerprint density at radius 1 is 1.42 bits per heavy atom. The van der Waals surface area contributed by atoms with E-state index in [0.29, 0.717) is 0 Å². The summed E-state index contributed by atoms with van der Waals surface area (Å²) in [5.41, 5.74) is 8.38. The fourth-order valence-electron chi connectivity index (χ4n) is 2.79. The summed E-state index contributed by atoms with van der Waals surface area (Å²) in [4.78, 5) is 2.57. The van der Waals surface area contributed by atoms with Gasteiger partial charge in [0.15, 0.2) is 0 Å². The van der Waals surface area contributed by atoms with Crippen LogP contribution in [0.5, 0.6) is 0 Å². The number of rotatable bonds is 4. The number of nitrogens with zero attached hydrogens (tertiary/aromatic N) is 1. The molecule has 2 N–H and O–H groups in total. The zero-order valence-corrected chi connectivity index (χ0v) is 14.0. The van der Waals surface area contributed by atoms with Crippen molar-refractivity contribution in [1.82, 2.24) is 4.90 Å². The Labute approximate surface area is 131 Å². The molecule has 0 bridgehead atoms. The van der Waals surface area contributed by atoms with Crippen LogP contribution in [0.3, 0.4) is 0 Å². The van der Waals surface area contributed by atoms with E-state index in [4.69, 9.17) is 5.73 Å². The number of nitrogens with two attached hydrogens (primary N) is 1. The average molecular weight is 348 g/mol. The first-order valence-corrected chi connectivity index (χ1v) is 7.66. The van der Waals surface area contributed by atoms with Gasteiger partial charge in [0.05, 0.1) is 0 Å². The predicted octanol–water partition coefficient (Wildman–Crippen LogP) is 3.74. The van der Waals surface area contributed by atoms with Gasteiger partial charge in [-0.15, -0.1) is 12.4 Å². The van der Waals surface area contributed by atoms with Crippen molar-refractivity contribution >= 4 is 28.3 Å². The molecule has 19 heavy (non-hydrogen) atoms. The predicted molar refractivity (Wildman–Crippen MR) is 87.8 cm³/mol. The maximum absolute atomic E-state index is 5.67. The van der Waals surface area contributed by atoms with Crippen molar-refractivity contribution in [3.63, 3.8) is 0 Å². The molecule has 1 atom stereocenters. The molecule has 1 unspecified atom stereocenters. The van der Waals surface area contributed by atoms with Gasteiger partial charge in [-0.05, 0) is 62.4 Å². The van der Waals surface area contributed by atoms with Gasteiger partial charge in [0.1, 0.15) is 0 Å². The molecule has 0 aliphatic carbocycles. The van der Waals surface area contributed by atoms with E-state index < -0.39 is 0 Å². The number of hydrogen-bond donors (Lipinski definition) is 1. The Hall–Kier alpha value is -0.0900. The van der Waals surface area contributed by atoms with Crippen molar-refractivity contribution in [2.75, 3.05) is 19.6 Å². The number of aryl methyl sites for hydroxylation is 1. The lowest BCUT2D eigenvalue weighted by atomic mass is 9.94. The fraction of sp³-hybridized carbons (Fsp3) is 0.600. The van der Waals surface area contributed by atoms with E-state index in [0.717, 1.165) is 19.0 Å². The summed E-state index contributed by atoms with van der Waals surface area (Å²) < 4.78 is 1.24. The van der Waals surface area contributed by atoms with Crippen molar-refractivity contribution < 1.29 is 0 Å². The maximum Gasteiger partial charge on any atom is 0.0245 e. The van der Waals surface area contributed by atoms with Crippen LogP contribution in [0.1, 0.15) is 30.4 Å². The zero-order valence-electron chi connectivity index (χ0n) is 11.6. The molecule has 1 aliphatic rings. The molecule has 0 aromatic heterocycles. The standard InChI is InChI=1S/C15H23BrN2.ClH/c1-12-4-5-14(15(16)9-12)11-18-8-2-3-13(10-18)6-7-17;/h4-5,9,13H,2-3,6-8,10-11,17H2,1H3;1H. The highest BCUT2D eigenvalue weighted by atomic mass is 79.9. The largest absolute Gasteiger partial charge is 0.330 e. The minimum Gasteiger partial charge on any atom is -0.330 e. The number of hydrogen-bond acceptors (Lipinski definition) is 2. The third-order valence-electron chi connectivity index (χ3n) is 3.78. The van der Waals surface area contributed by atoms with Gasteiger partial charge < -0.3 is 5.73 Å². The summed E-state index contributed by atoms with van der Waals surface area (Å²) in [6.45, 7) is 6.44. The van der Waals surface area contributed by atoms with Crippen molar-refractivity contribution in [3.8, 4) is 0 Å². The van der Waals surface area contributed by atoms with Gasteiger partial charge >= 0.3 is 0 Å². The first kappa shape index (κ1) is 17.0. The number of piperidine rings is 1. The Morgan fingerprint density at radius 2 is 2.21 bits per heavy atom. The van der Waals surface area contributed by atoms with Crippen LogP contribution >= 0.6 is 28.3 Å². The molecule has 2 rings (SSSR count). The smallest absolute Gasteiger partial charge is 0.0245 e. The molecule has 0 amide bonds. The van der Waals surface area contributed by atoms with Gasteiger partial charge in [0.25, 0.3) is 0 Å². The Morgan fingerprint density at radius 3 is 2.89 bits per heavy atom. The monoisotopic (exact) mass is 346 g/mol. The third-order valence-corrected chi connectivity index (χ3v) is 4.52. The molecular formula is C15H24BrClN2. The lowest BCUT2D eigenvalue weighted by Crippen LogP contribution is -2.35. The molecule has 1 saturated heterocycles. The number of likely N-dealkylation sites (tertiary alicyclic amines) is 1. The molecular weight excluding hydrogens is 324 g/mol. The van der Waals surface area contributed by atoms with E-state index in [9.17, 15) is 0 Å². The molecule has 1 aromatic rings. The molecule has 0 radical (unpaired) electrons. The van der Waals surface area contributed by atoms with Crippen LogP contribution in [-0.4, -0.2) is 24.5 Å². The van der Waals surface area contributed by atoms with E-state index in [1.807, 2.05) is 0 Å². The minimum atomic E-state index is 0. The first-order chi connectivity index (χ1) is 8.69. The summed E-state index contributed by atoms with van der Waals surface area (Å²) in [6.07, 6.45) is 3.84. The quantitative estimate of drug-likeness (QED) is 0.899. The first-order valence-electron chi connectivity index (χ1n) is 6.86. The highest BCUT2D eigenvalue weighted by Gasteiger charge is 2.19. The van der Waals surface area contributed by atoms with E-state index in [1.54, 1.807) is 0 Å². The summed E-state index contributed by atoms with van der Waals surface area (Å²) in [5, 5.41) is 0. The SMILES string of the molecule is Cc1ccc(CN2CCCC(CCN)C2)c(Br)c1.Cl. The van der Waals surface area contributed by atoms with Crippen molar-refractivity contribution in [1.29, 1.82) is 0 Å². The molecule has 1 aromatic carbocycles. The summed E-state index contributed by atoms with van der Waals surface area (Å²) >= 11 is 3.67. The van der Waals surface area contributed by atoms with Crippen LogP contribution in [0.25, 0.3) is 0 Å². The van der Waals surface area contributed by atoms with Crippen molar-refractivity contribution in [2.45, 2.75) is 32.7 Å². The maximum atomic E-state index is 5.67. The second-order valence-corrected chi connectivity index (χ2v) is 6.27. The average Bonchev–Trinajstić information content (AvgIpc) is 2.34. The molecule has 108 valence electrons. The van der Waals surface area contributed by atoms with E-state index in [2.05, 4.69) is 46.0 Å². The second kappa shape index (κ2) is 8.25. The van der Waals surface area contributed by atoms with Gasteiger partial charge in [-0.3, -0.25) is 4.90 Å². The van der Waals surface area contributed by atoms with Gasteiger partial charge in [-0.2, -0.15) is 0 Å². The van der Waals surface area contributed by atoms with E-state index >= 15 is 0 Å². The van der Waals surface area contributed by atoms with Crippen LogP contribution in [0.15, 0.2) is 22.7 Å². The van der Waals surface area contributed by atoms with Crippen LogP contribution in [0.4, 0.5) is 0 Å². The molecule has 1 heterocycles.